The Labute approximate surface area is 143 Å². The zero-order valence-corrected chi connectivity index (χ0v) is 14.8. The van der Waals surface area contributed by atoms with Crippen molar-refractivity contribution in [1.29, 1.82) is 0 Å². The molecule has 128 valence electrons. The molecule has 0 unspecified atom stereocenters. The third kappa shape index (κ3) is 4.51. The summed E-state index contributed by atoms with van der Waals surface area (Å²) >= 11 is 0. The number of hydrogen-bond acceptors (Lipinski definition) is 4. The van der Waals surface area contributed by atoms with Crippen LogP contribution in [0.15, 0.2) is 42.5 Å². The number of ketones is 1. The monoisotopic (exact) mass is 327 g/mol. The molecule has 0 atom stereocenters. The highest BCUT2D eigenvalue weighted by atomic mass is 16.5. The number of nitrogens with one attached hydrogen (secondary N) is 1. The number of carbonyl (C=O) groups is 1. The van der Waals surface area contributed by atoms with Gasteiger partial charge in [0.25, 0.3) is 0 Å². The number of rotatable bonds is 8. The molecule has 0 aliphatic rings. The molecule has 1 N–H and O–H groups in total. The molecule has 0 saturated heterocycles. The second-order valence-electron chi connectivity index (χ2n) is 5.95. The predicted octanol–water partition coefficient (Wildman–Crippen LogP) is 4.51. The molecule has 0 fully saturated rings. The van der Waals surface area contributed by atoms with E-state index in [-0.39, 0.29) is 5.78 Å². The zero-order chi connectivity index (χ0) is 17.5. The van der Waals surface area contributed by atoms with E-state index < -0.39 is 0 Å². The molecule has 4 heteroatoms. The van der Waals surface area contributed by atoms with Crippen molar-refractivity contribution in [2.45, 2.75) is 26.2 Å². The first kappa shape index (κ1) is 17.9. The number of Topliss-reactive ketones (excluding diaryl/α,β-unsaturated/α-hetero) is 1. The summed E-state index contributed by atoms with van der Waals surface area (Å²) < 4.78 is 10.4. The molecule has 0 aromatic heterocycles. The Bertz CT molecular complexity index is 678. The number of hydrogen-bond donors (Lipinski definition) is 1. The molecule has 0 radical (unpaired) electrons. The highest BCUT2D eigenvalue weighted by molar-refractivity contribution is 5.97. The molecule has 4 nitrogen and oxygen atoms in total. The molecule has 0 aliphatic carbocycles. The number of methoxy groups -OCH3 is 2. The molecule has 0 amide bonds. The number of carbonyl (C=O) groups excluding carboxylic acids is 1. The van der Waals surface area contributed by atoms with Crippen molar-refractivity contribution in [2.75, 3.05) is 26.1 Å². The van der Waals surface area contributed by atoms with Gasteiger partial charge in [0.15, 0.2) is 17.3 Å². The lowest BCUT2D eigenvalue weighted by Gasteiger charge is -2.10. The summed E-state index contributed by atoms with van der Waals surface area (Å²) in [6.07, 6.45) is 0.418. The van der Waals surface area contributed by atoms with E-state index in [9.17, 15) is 4.79 Å². The Balaban J connectivity index is 1.91. The van der Waals surface area contributed by atoms with E-state index in [0.29, 0.717) is 35.9 Å². The fraction of sp³-hybridized carbons (Fsp3) is 0.350. The van der Waals surface area contributed by atoms with Gasteiger partial charge in [-0.3, -0.25) is 4.79 Å². The van der Waals surface area contributed by atoms with Gasteiger partial charge in [0.05, 0.1) is 14.2 Å². The van der Waals surface area contributed by atoms with Gasteiger partial charge in [-0.2, -0.15) is 0 Å². The lowest BCUT2D eigenvalue weighted by Crippen LogP contribution is -2.09. The van der Waals surface area contributed by atoms with Crippen LogP contribution < -0.4 is 14.8 Å². The van der Waals surface area contributed by atoms with E-state index in [1.807, 2.05) is 0 Å². The minimum absolute atomic E-state index is 0.0715. The maximum atomic E-state index is 12.3. The Morgan fingerprint density at radius 1 is 1.00 bits per heavy atom. The Hall–Kier alpha value is -2.49. The van der Waals surface area contributed by atoms with Crippen LogP contribution in [0.25, 0.3) is 0 Å². The average molecular weight is 327 g/mol. The van der Waals surface area contributed by atoms with Gasteiger partial charge in [0.1, 0.15) is 0 Å². The maximum absolute atomic E-state index is 12.3. The van der Waals surface area contributed by atoms with Crippen LogP contribution in [-0.4, -0.2) is 26.5 Å². The summed E-state index contributed by atoms with van der Waals surface area (Å²) in [6.45, 7) is 4.93. The van der Waals surface area contributed by atoms with E-state index in [4.69, 9.17) is 9.47 Å². The molecule has 2 aromatic carbocycles. The fourth-order valence-electron chi connectivity index (χ4n) is 2.46. The molecular weight excluding hydrogens is 302 g/mol. The summed E-state index contributed by atoms with van der Waals surface area (Å²) in [5.41, 5.74) is 2.96. The van der Waals surface area contributed by atoms with E-state index in [0.717, 1.165) is 5.69 Å². The van der Waals surface area contributed by atoms with Gasteiger partial charge in [-0.15, -0.1) is 0 Å². The smallest absolute Gasteiger partial charge is 0.164 e. The minimum atomic E-state index is 0.0715. The van der Waals surface area contributed by atoms with Crippen LogP contribution in [0.4, 0.5) is 5.69 Å². The summed E-state index contributed by atoms with van der Waals surface area (Å²) in [6, 6.07) is 13.6. The van der Waals surface area contributed by atoms with Gasteiger partial charge >= 0.3 is 0 Å². The molecule has 2 aromatic rings. The van der Waals surface area contributed by atoms with Gasteiger partial charge < -0.3 is 14.8 Å². The normalized spacial score (nSPS) is 10.5. The van der Waals surface area contributed by atoms with Crippen molar-refractivity contribution in [3.8, 4) is 11.5 Å². The number of ether oxygens (including phenoxy) is 2. The quantitative estimate of drug-likeness (QED) is 0.725. The third-order valence-electron chi connectivity index (χ3n) is 3.96. The van der Waals surface area contributed by atoms with Crippen LogP contribution in [0.2, 0.25) is 0 Å². The fourth-order valence-corrected chi connectivity index (χ4v) is 2.46. The first-order chi connectivity index (χ1) is 11.5. The molecule has 0 heterocycles. The number of benzene rings is 2. The molecule has 24 heavy (non-hydrogen) atoms. The van der Waals surface area contributed by atoms with E-state index in [1.165, 1.54) is 5.56 Å². The van der Waals surface area contributed by atoms with Crippen LogP contribution in [0.1, 0.15) is 42.1 Å². The average Bonchev–Trinajstić information content (AvgIpc) is 2.61. The molecule has 2 rings (SSSR count). The standard InChI is InChI=1S/C20H25NO3/c1-14(2)15-5-8-17(9-6-15)21-12-11-18(22)16-7-10-19(23-3)20(13-16)24-4/h5-10,13-14,21H,11-12H2,1-4H3. The zero-order valence-electron chi connectivity index (χ0n) is 14.8. The summed E-state index contributed by atoms with van der Waals surface area (Å²) in [7, 11) is 3.14. The second kappa shape index (κ2) is 8.39. The maximum Gasteiger partial charge on any atom is 0.164 e. The van der Waals surface area contributed by atoms with Crippen molar-refractivity contribution < 1.29 is 14.3 Å². The summed E-state index contributed by atoms with van der Waals surface area (Å²) in [5.74, 6) is 1.78. The molecular formula is C20H25NO3. The number of anilines is 1. The van der Waals surface area contributed by atoms with Crippen LogP contribution in [0.3, 0.4) is 0 Å². The van der Waals surface area contributed by atoms with Crippen LogP contribution >= 0.6 is 0 Å². The lowest BCUT2D eigenvalue weighted by molar-refractivity contribution is 0.0986. The van der Waals surface area contributed by atoms with Crippen LogP contribution in [-0.2, 0) is 0 Å². The van der Waals surface area contributed by atoms with Crippen molar-refractivity contribution in [3.63, 3.8) is 0 Å². The second-order valence-corrected chi connectivity index (χ2v) is 5.95. The first-order valence-electron chi connectivity index (χ1n) is 8.14. The Kier molecular flexibility index (Phi) is 6.24. The van der Waals surface area contributed by atoms with Gasteiger partial charge in [-0.05, 0) is 41.8 Å². The van der Waals surface area contributed by atoms with Crippen molar-refractivity contribution >= 4 is 11.5 Å². The minimum Gasteiger partial charge on any atom is -0.493 e. The summed E-state index contributed by atoms with van der Waals surface area (Å²) in [5, 5.41) is 3.29. The van der Waals surface area contributed by atoms with Crippen molar-refractivity contribution in [2.24, 2.45) is 0 Å². The topological polar surface area (TPSA) is 47.6 Å². The van der Waals surface area contributed by atoms with Crippen LogP contribution in [0, 0.1) is 0 Å². The van der Waals surface area contributed by atoms with Crippen molar-refractivity contribution in [3.05, 3.63) is 53.6 Å². The third-order valence-corrected chi connectivity index (χ3v) is 3.96. The van der Waals surface area contributed by atoms with Gasteiger partial charge in [-0.25, -0.2) is 0 Å². The summed E-state index contributed by atoms with van der Waals surface area (Å²) in [4.78, 5) is 12.3. The lowest BCUT2D eigenvalue weighted by atomic mass is 10.0. The van der Waals surface area contributed by atoms with Crippen molar-refractivity contribution in [1.82, 2.24) is 0 Å². The van der Waals surface area contributed by atoms with E-state index >= 15 is 0 Å². The first-order valence-corrected chi connectivity index (χ1v) is 8.14. The SMILES string of the molecule is COc1ccc(C(=O)CCNc2ccc(C(C)C)cc2)cc1OC. The predicted molar refractivity (Wildman–Crippen MR) is 97.5 cm³/mol. The highest BCUT2D eigenvalue weighted by Gasteiger charge is 2.10. The van der Waals surface area contributed by atoms with Gasteiger partial charge in [0.2, 0.25) is 0 Å². The molecule has 0 bridgehead atoms. The Morgan fingerprint density at radius 2 is 1.67 bits per heavy atom. The van der Waals surface area contributed by atoms with Crippen LogP contribution in [0.5, 0.6) is 11.5 Å². The molecule has 0 aliphatic heterocycles. The highest BCUT2D eigenvalue weighted by Crippen LogP contribution is 2.28. The van der Waals surface area contributed by atoms with Gasteiger partial charge in [-0.1, -0.05) is 26.0 Å². The van der Waals surface area contributed by atoms with E-state index in [1.54, 1.807) is 32.4 Å². The Morgan fingerprint density at radius 3 is 2.25 bits per heavy atom. The molecule has 0 saturated carbocycles. The van der Waals surface area contributed by atoms with Gasteiger partial charge in [0, 0.05) is 24.2 Å². The van der Waals surface area contributed by atoms with E-state index in [2.05, 4.69) is 43.4 Å². The molecule has 0 spiro atoms. The largest absolute Gasteiger partial charge is 0.493 e.